The molecule has 0 spiro atoms. The van der Waals surface area contributed by atoms with E-state index in [2.05, 4.69) is 22.0 Å². The van der Waals surface area contributed by atoms with Crippen LogP contribution in [0.1, 0.15) is 19.8 Å². The van der Waals surface area contributed by atoms with Crippen molar-refractivity contribution >= 4 is 5.91 Å². The summed E-state index contributed by atoms with van der Waals surface area (Å²) in [6.45, 7) is 6.83. The molecular weight excluding hydrogens is 216 g/mol. The second kappa shape index (κ2) is 6.33. The van der Waals surface area contributed by atoms with Gasteiger partial charge in [0.1, 0.15) is 5.54 Å². The molecule has 0 aliphatic carbocycles. The number of carbonyl (C=O) groups excluding carboxylic acids is 1. The number of nitrogens with two attached hydrogens (primary N) is 1. The molecule has 5 nitrogen and oxygen atoms in total. The summed E-state index contributed by atoms with van der Waals surface area (Å²) in [5.41, 5.74) is 5.09. The molecule has 0 aromatic carbocycles. The second-order valence-electron chi connectivity index (χ2n) is 5.11. The third-order valence-corrected chi connectivity index (χ3v) is 3.65. The van der Waals surface area contributed by atoms with Gasteiger partial charge < -0.3 is 20.9 Å². The fourth-order valence-corrected chi connectivity index (χ4v) is 2.28. The minimum Gasteiger partial charge on any atom is -0.368 e. The maximum Gasteiger partial charge on any atom is 0.237 e. The Morgan fingerprint density at radius 3 is 2.41 bits per heavy atom. The van der Waals surface area contributed by atoms with E-state index in [9.17, 15) is 4.79 Å². The average molecular weight is 242 g/mol. The summed E-state index contributed by atoms with van der Waals surface area (Å²) in [4.78, 5) is 16.1. The largest absolute Gasteiger partial charge is 0.368 e. The first-order valence-electron chi connectivity index (χ1n) is 6.42. The molecule has 0 atom stereocenters. The van der Waals surface area contributed by atoms with Crippen molar-refractivity contribution in [3.05, 3.63) is 0 Å². The first-order chi connectivity index (χ1) is 8.00. The van der Waals surface area contributed by atoms with Gasteiger partial charge in [-0.25, -0.2) is 0 Å². The normalized spacial score (nSPS) is 20.7. The van der Waals surface area contributed by atoms with E-state index in [0.717, 1.165) is 45.6 Å². The monoisotopic (exact) mass is 242 g/mol. The minimum absolute atomic E-state index is 0.202. The molecule has 1 amide bonds. The molecule has 1 heterocycles. The van der Waals surface area contributed by atoms with Crippen molar-refractivity contribution in [2.45, 2.75) is 25.3 Å². The van der Waals surface area contributed by atoms with E-state index in [1.54, 1.807) is 0 Å². The van der Waals surface area contributed by atoms with Crippen LogP contribution in [-0.2, 0) is 4.79 Å². The molecule has 1 rings (SSSR count). The zero-order valence-corrected chi connectivity index (χ0v) is 11.3. The maximum atomic E-state index is 11.7. The van der Waals surface area contributed by atoms with Crippen LogP contribution in [0.2, 0.25) is 0 Å². The highest BCUT2D eigenvalue weighted by Gasteiger charge is 2.38. The number of nitrogens with one attached hydrogen (secondary N) is 1. The van der Waals surface area contributed by atoms with E-state index in [1.807, 2.05) is 14.1 Å². The summed E-state index contributed by atoms with van der Waals surface area (Å²) in [6.07, 6.45) is 1.65. The number of rotatable bonds is 6. The lowest BCUT2D eigenvalue weighted by Crippen LogP contribution is -2.61. The van der Waals surface area contributed by atoms with Crippen molar-refractivity contribution < 1.29 is 4.79 Å². The Labute approximate surface area is 104 Å². The average Bonchev–Trinajstić information content (AvgIpc) is 2.29. The van der Waals surface area contributed by atoms with Crippen molar-refractivity contribution in [2.24, 2.45) is 5.73 Å². The van der Waals surface area contributed by atoms with Crippen LogP contribution in [0.3, 0.4) is 0 Å². The van der Waals surface area contributed by atoms with Crippen LogP contribution in [0.5, 0.6) is 0 Å². The van der Waals surface area contributed by atoms with Crippen LogP contribution in [0.4, 0.5) is 0 Å². The topological polar surface area (TPSA) is 61.6 Å². The number of nitrogens with zero attached hydrogens (tertiary/aromatic N) is 2. The Morgan fingerprint density at radius 2 is 2.00 bits per heavy atom. The second-order valence-corrected chi connectivity index (χ2v) is 5.11. The van der Waals surface area contributed by atoms with E-state index in [1.165, 1.54) is 0 Å². The van der Waals surface area contributed by atoms with Gasteiger partial charge in [0.05, 0.1) is 0 Å². The fourth-order valence-electron chi connectivity index (χ4n) is 2.28. The summed E-state index contributed by atoms with van der Waals surface area (Å²) >= 11 is 0. The zero-order chi connectivity index (χ0) is 12.9. The maximum absolute atomic E-state index is 11.7. The molecular formula is C12H26N4O. The van der Waals surface area contributed by atoms with E-state index >= 15 is 0 Å². The molecule has 0 saturated carbocycles. The van der Waals surface area contributed by atoms with Crippen molar-refractivity contribution in [3.8, 4) is 0 Å². The Bertz CT molecular complexity index is 247. The van der Waals surface area contributed by atoms with E-state index < -0.39 is 5.54 Å². The number of hydrogen-bond acceptors (Lipinski definition) is 4. The van der Waals surface area contributed by atoms with Crippen LogP contribution < -0.4 is 11.1 Å². The lowest BCUT2D eigenvalue weighted by Gasteiger charge is -2.40. The number of likely N-dealkylation sites (N-methyl/N-ethyl adjacent to an activating group) is 1. The van der Waals surface area contributed by atoms with Gasteiger partial charge in [-0.1, -0.05) is 6.92 Å². The van der Waals surface area contributed by atoms with E-state index in [4.69, 9.17) is 5.73 Å². The van der Waals surface area contributed by atoms with E-state index in [-0.39, 0.29) is 5.91 Å². The van der Waals surface area contributed by atoms with Crippen molar-refractivity contribution in [2.75, 3.05) is 46.8 Å². The van der Waals surface area contributed by atoms with Gasteiger partial charge in [-0.05, 0) is 33.5 Å². The standard InChI is InChI=1S/C12H26N4O/c1-4-16-8-5-12(6-9-16,11(13)17)14-7-10-15(2)3/h14H,4-10H2,1-3H3,(H2,13,17). The first kappa shape index (κ1) is 14.4. The summed E-state index contributed by atoms with van der Waals surface area (Å²) in [5, 5.41) is 3.37. The number of hydrogen-bond donors (Lipinski definition) is 2. The van der Waals surface area contributed by atoms with Crippen molar-refractivity contribution in [3.63, 3.8) is 0 Å². The number of amides is 1. The number of piperidine rings is 1. The molecule has 1 aliphatic rings. The van der Waals surface area contributed by atoms with Crippen LogP contribution in [0.25, 0.3) is 0 Å². The molecule has 17 heavy (non-hydrogen) atoms. The Kier molecular flexibility index (Phi) is 5.36. The predicted molar refractivity (Wildman–Crippen MR) is 69.8 cm³/mol. The van der Waals surface area contributed by atoms with Crippen LogP contribution in [0, 0.1) is 0 Å². The lowest BCUT2D eigenvalue weighted by molar-refractivity contribution is -0.126. The van der Waals surface area contributed by atoms with Gasteiger partial charge >= 0.3 is 0 Å². The molecule has 1 aliphatic heterocycles. The zero-order valence-electron chi connectivity index (χ0n) is 11.3. The van der Waals surface area contributed by atoms with Gasteiger partial charge in [-0.2, -0.15) is 0 Å². The minimum atomic E-state index is -0.484. The lowest BCUT2D eigenvalue weighted by atomic mass is 9.86. The Balaban J connectivity index is 2.50. The number of primary amides is 1. The van der Waals surface area contributed by atoms with Gasteiger partial charge in [0.25, 0.3) is 0 Å². The van der Waals surface area contributed by atoms with Gasteiger partial charge in [-0.15, -0.1) is 0 Å². The molecule has 0 unspecified atom stereocenters. The Morgan fingerprint density at radius 1 is 1.41 bits per heavy atom. The molecule has 1 fully saturated rings. The Hall–Kier alpha value is -0.650. The molecule has 0 radical (unpaired) electrons. The van der Waals surface area contributed by atoms with Gasteiger partial charge in [0.2, 0.25) is 5.91 Å². The van der Waals surface area contributed by atoms with Crippen molar-refractivity contribution in [1.29, 1.82) is 0 Å². The molecule has 0 aromatic rings. The van der Waals surface area contributed by atoms with Crippen LogP contribution >= 0.6 is 0 Å². The van der Waals surface area contributed by atoms with Crippen LogP contribution in [0.15, 0.2) is 0 Å². The van der Waals surface area contributed by atoms with Gasteiger partial charge in [0, 0.05) is 26.2 Å². The molecule has 1 saturated heterocycles. The fraction of sp³-hybridized carbons (Fsp3) is 0.917. The third kappa shape index (κ3) is 3.94. The molecule has 5 heteroatoms. The summed E-state index contributed by atoms with van der Waals surface area (Å²) in [5.74, 6) is -0.202. The first-order valence-corrected chi connectivity index (χ1v) is 6.42. The van der Waals surface area contributed by atoms with E-state index in [0.29, 0.717) is 0 Å². The molecule has 0 bridgehead atoms. The highest BCUT2D eigenvalue weighted by molar-refractivity contribution is 5.84. The van der Waals surface area contributed by atoms with Gasteiger partial charge in [-0.3, -0.25) is 4.79 Å². The molecule has 100 valence electrons. The summed E-state index contributed by atoms with van der Waals surface area (Å²) in [7, 11) is 4.05. The number of likely N-dealkylation sites (tertiary alicyclic amines) is 1. The van der Waals surface area contributed by atoms with Crippen LogP contribution in [-0.4, -0.2) is 68.1 Å². The molecule has 0 aromatic heterocycles. The molecule has 3 N–H and O–H groups in total. The highest BCUT2D eigenvalue weighted by Crippen LogP contribution is 2.21. The summed E-state index contributed by atoms with van der Waals surface area (Å²) in [6, 6.07) is 0. The highest BCUT2D eigenvalue weighted by atomic mass is 16.1. The SMILES string of the molecule is CCN1CCC(NCCN(C)C)(C(N)=O)CC1. The van der Waals surface area contributed by atoms with Gasteiger partial charge in [0.15, 0.2) is 0 Å². The number of carbonyl (C=O) groups is 1. The quantitative estimate of drug-likeness (QED) is 0.658. The third-order valence-electron chi connectivity index (χ3n) is 3.65. The smallest absolute Gasteiger partial charge is 0.237 e. The van der Waals surface area contributed by atoms with Crippen molar-refractivity contribution in [1.82, 2.24) is 15.1 Å². The predicted octanol–water partition coefficient (Wildman–Crippen LogP) is -0.523. The summed E-state index contributed by atoms with van der Waals surface area (Å²) < 4.78 is 0.